The van der Waals surface area contributed by atoms with Gasteiger partial charge in [0.25, 0.3) is 0 Å². The van der Waals surface area contributed by atoms with Gasteiger partial charge in [-0.2, -0.15) is 0 Å². The van der Waals surface area contributed by atoms with Crippen molar-refractivity contribution in [1.82, 2.24) is 9.80 Å². The number of carbonyl (C=O) groups is 2. The second-order valence-corrected chi connectivity index (χ2v) is 14.6. The van der Waals surface area contributed by atoms with Crippen molar-refractivity contribution >= 4 is 12.1 Å². The molecule has 4 heteroatoms. The van der Waals surface area contributed by atoms with Crippen LogP contribution in [0.15, 0.2) is 23.5 Å². The lowest BCUT2D eigenvalue weighted by Gasteiger charge is -2.47. The summed E-state index contributed by atoms with van der Waals surface area (Å²) in [6.07, 6.45) is 14.6. The second kappa shape index (κ2) is 11.9. The van der Waals surface area contributed by atoms with Crippen LogP contribution in [-0.2, 0) is 9.59 Å². The number of rotatable bonds is 11. The number of unbranched alkanes of at least 4 members (excludes halogenated alkanes) is 5. The zero-order chi connectivity index (χ0) is 27.4. The molecule has 0 aromatic carbocycles. The fourth-order valence-corrected chi connectivity index (χ4v) is 5.62. The Bertz CT molecular complexity index is 820. The highest BCUT2D eigenvalue weighted by atomic mass is 16.1. The molecule has 2 heterocycles. The van der Waals surface area contributed by atoms with E-state index in [2.05, 4.69) is 91.4 Å². The van der Waals surface area contributed by atoms with Crippen LogP contribution in [0.25, 0.3) is 0 Å². The molecule has 0 saturated carbocycles. The van der Waals surface area contributed by atoms with Gasteiger partial charge in [-0.15, -0.1) is 0 Å². The van der Waals surface area contributed by atoms with Gasteiger partial charge in [-0.3, -0.25) is 4.79 Å². The number of nitrogens with zero attached hydrogens (tertiary/aromatic N) is 2. The molecule has 0 amide bonds. The summed E-state index contributed by atoms with van der Waals surface area (Å²) in [5.74, 6) is 0.260. The van der Waals surface area contributed by atoms with Crippen molar-refractivity contribution in [1.29, 1.82) is 0 Å². The zero-order valence-corrected chi connectivity index (χ0v) is 25.3. The summed E-state index contributed by atoms with van der Waals surface area (Å²) in [6, 6.07) is 0. The van der Waals surface area contributed by atoms with Crippen LogP contribution >= 0.6 is 0 Å². The van der Waals surface area contributed by atoms with Gasteiger partial charge in [-0.25, -0.2) is 0 Å². The minimum atomic E-state index is -0.116. The summed E-state index contributed by atoms with van der Waals surface area (Å²) in [5, 5.41) is 0. The van der Waals surface area contributed by atoms with Crippen molar-refractivity contribution in [3.63, 3.8) is 0 Å². The fourth-order valence-electron chi connectivity index (χ4n) is 5.62. The third kappa shape index (κ3) is 7.96. The number of aldehydes is 1. The topological polar surface area (TPSA) is 40.6 Å². The largest absolute Gasteiger partial charge is 0.373 e. The Morgan fingerprint density at radius 1 is 0.833 bits per heavy atom. The van der Waals surface area contributed by atoms with Gasteiger partial charge in [-0.1, -0.05) is 53.4 Å². The van der Waals surface area contributed by atoms with E-state index in [1.165, 1.54) is 5.57 Å². The molecular weight excluding hydrogens is 444 g/mol. The smallest absolute Gasteiger partial charge is 0.168 e. The van der Waals surface area contributed by atoms with E-state index in [4.69, 9.17) is 0 Å². The Kier molecular flexibility index (Phi) is 10.1. The van der Waals surface area contributed by atoms with Gasteiger partial charge in [-0.05, 0) is 89.8 Å². The maximum Gasteiger partial charge on any atom is 0.168 e. The number of carbonyl (C=O) groups excluding carboxylic acids is 2. The minimum absolute atomic E-state index is 0.00541. The predicted molar refractivity (Wildman–Crippen MR) is 153 cm³/mol. The average Bonchev–Trinajstić information content (AvgIpc) is 2.73. The lowest BCUT2D eigenvalue weighted by Crippen LogP contribution is -2.47. The van der Waals surface area contributed by atoms with Crippen LogP contribution in [-0.4, -0.2) is 46.0 Å². The summed E-state index contributed by atoms with van der Waals surface area (Å²) in [4.78, 5) is 30.0. The summed E-state index contributed by atoms with van der Waals surface area (Å²) in [7, 11) is 0. The maximum atomic E-state index is 14.5. The third-order valence-electron chi connectivity index (χ3n) is 8.54. The number of Topliss-reactive ketones (excluding diaryl/α,β-unsaturated/α-hetero) is 1. The first-order valence-electron chi connectivity index (χ1n) is 14.5. The summed E-state index contributed by atoms with van der Waals surface area (Å²) < 4.78 is 0. The van der Waals surface area contributed by atoms with Crippen LogP contribution in [0.5, 0.6) is 0 Å². The van der Waals surface area contributed by atoms with Crippen LogP contribution in [0, 0.1) is 16.7 Å². The Labute approximate surface area is 223 Å². The molecule has 2 aliphatic heterocycles. The number of ketones is 1. The van der Waals surface area contributed by atoms with Gasteiger partial charge in [0.15, 0.2) is 5.78 Å². The standard InChI is InChI=1S/C32H56N2O2/c1-29(2,3)33-20-18-31(7,8)26(23-33)25(17-15-13-11-12-14-16-22-35)28(36)27-24-34(30(4,5)6)21-19-32(27,9)10/h22-25H,11-21H2,1-10H3. The molecule has 0 aliphatic carbocycles. The molecule has 0 aromatic heterocycles. The highest BCUT2D eigenvalue weighted by Crippen LogP contribution is 2.46. The molecular formula is C32H56N2O2. The van der Waals surface area contributed by atoms with E-state index in [9.17, 15) is 9.59 Å². The molecule has 0 spiro atoms. The van der Waals surface area contributed by atoms with Crippen molar-refractivity contribution in [2.45, 2.75) is 138 Å². The molecule has 0 radical (unpaired) electrons. The quantitative estimate of drug-likeness (QED) is 0.213. The van der Waals surface area contributed by atoms with Gasteiger partial charge in [0, 0.05) is 48.3 Å². The van der Waals surface area contributed by atoms with E-state index in [0.29, 0.717) is 12.2 Å². The molecule has 36 heavy (non-hydrogen) atoms. The first kappa shape index (κ1) is 30.6. The van der Waals surface area contributed by atoms with Crippen LogP contribution in [0.1, 0.15) is 127 Å². The van der Waals surface area contributed by atoms with Crippen molar-refractivity contribution in [2.75, 3.05) is 13.1 Å². The Morgan fingerprint density at radius 2 is 1.33 bits per heavy atom. The van der Waals surface area contributed by atoms with Crippen LogP contribution < -0.4 is 0 Å². The number of allylic oxidation sites excluding steroid dienone is 2. The molecule has 206 valence electrons. The normalized spacial score (nSPS) is 21.1. The van der Waals surface area contributed by atoms with Crippen molar-refractivity contribution in [3.8, 4) is 0 Å². The molecule has 4 nitrogen and oxygen atoms in total. The molecule has 0 N–H and O–H groups in total. The van der Waals surface area contributed by atoms with Gasteiger partial charge in [0.2, 0.25) is 0 Å². The Hall–Kier alpha value is -1.58. The highest BCUT2D eigenvalue weighted by molar-refractivity contribution is 6.00. The van der Waals surface area contributed by atoms with Gasteiger partial charge >= 0.3 is 0 Å². The summed E-state index contributed by atoms with van der Waals surface area (Å²) >= 11 is 0. The third-order valence-corrected chi connectivity index (χ3v) is 8.54. The van der Waals surface area contributed by atoms with E-state index < -0.39 is 0 Å². The van der Waals surface area contributed by atoms with E-state index in [1.807, 2.05) is 0 Å². The SMILES string of the molecule is CC1(C)CCN(C(C)(C)C)C=C1C(=O)C(CCCCCCCC=O)C1=CN(C(C)(C)C)CCC1(C)C. The predicted octanol–water partition coefficient (Wildman–Crippen LogP) is 7.93. The number of hydrogen-bond donors (Lipinski definition) is 0. The average molecular weight is 501 g/mol. The maximum absolute atomic E-state index is 14.5. The molecule has 0 fully saturated rings. The molecule has 0 bridgehead atoms. The van der Waals surface area contributed by atoms with Gasteiger partial charge in [0.05, 0.1) is 0 Å². The Morgan fingerprint density at radius 3 is 1.89 bits per heavy atom. The van der Waals surface area contributed by atoms with Crippen LogP contribution in [0.2, 0.25) is 0 Å². The zero-order valence-electron chi connectivity index (χ0n) is 25.3. The summed E-state index contributed by atoms with van der Waals surface area (Å²) in [5.41, 5.74) is 2.26. The molecule has 0 saturated heterocycles. The molecule has 1 atom stereocenters. The van der Waals surface area contributed by atoms with Crippen LogP contribution in [0.4, 0.5) is 0 Å². The van der Waals surface area contributed by atoms with Crippen LogP contribution in [0.3, 0.4) is 0 Å². The fraction of sp³-hybridized carbons (Fsp3) is 0.812. The first-order valence-corrected chi connectivity index (χ1v) is 14.5. The highest BCUT2D eigenvalue weighted by Gasteiger charge is 2.43. The van der Waals surface area contributed by atoms with E-state index in [0.717, 1.165) is 76.3 Å². The molecule has 2 aliphatic rings. The molecule has 2 rings (SSSR count). The first-order chi connectivity index (χ1) is 16.5. The van der Waals surface area contributed by atoms with E-state index in [-0.39, 0.29) is 27.8 Å². The lowest BCUT2D eigenvalue weighted by atomic mass is 9.66. The lowest BCUT2D eigenvalue weighted by molar-refractivity contribution is -0.120. The van der Waals surface area contributed by atoms with Gasteiger partial charge < -0.3 is 14.6 Å². The number of hydrogen-bond acceptors (Lipinski definition) is 4. The van der Waals surface area contributed by atoms with E-state index in [1.54, 1.807) is 0 Å². The molecule has 0 aromatic rings. The monoisotopic (exact) mass is 500 g/mol. The second-order valence-electron chi connectivity index (χ2n) is 14.6. The van der Waals surface area contributed by atoms with Gasteiger partial charge in [0.1, 0.15) is 6.29 Å². The molecule has 1 unspecified atom stereocenters. The van der Waals surface area contributed by atoms with Crippen molar-refractivity contribution in [3.05, 3.63) is 23.5 Å². The minimum Gasteiger partial charge on any atom is -0.373 e. The summed E-state index contributed by atoms with van der Waals surface area (Å²) in [6.45, 7) is 24.7. The van der Waals surface area contributed by atoms with Crippen molar-refractivity contribution in [2.24, 2.45) is 16.7 Å². The van der Waals surface area contributed by atoms with Crippen molar-refractivity contribution < 1.29 is 9.59 Å². The van der Waals surface area contributed by atoms with E-state index >= 15 is 0 Å². The Balaban J connectivity index is 2.42.